The van der Waals surface area contributed by atoms with Gasteiger partial charge in [-0.1, -0.05) is 12.2 Å². The first-order valence-corrected chi connectivity index (χ1v) is 11.9. The van der Waals surface area contributed by atoms with Gasteiger partial charge in [-0.25, -0.2) is 14.4 Å². The zero-order valence-electron chi connectivity index (χ0n) is 22.0. The number of amides is 2. The van der Waals surface area contributed by atoms with Gasteiger partial charge in [0.25, 0.3) is 0 Å². The van der Waals surface area contributed by atoms with Crippen LogP contribution in [0.15, 0.2) is 12.2 Å². The minimum absolute atomic E-state index is 0.00248. The highest BCUT2D eigenvalue weighted by Gasteiger charge is 2.48. The summed E-state index contributed by atoms with van der Waals surface area (Å²) in [5, 5.41) is 0. The lowest BCUT2D eigenvalue weighted by Gasteiger charge is -2.32. The van der Waals surface area contributed by atoms with Crippen molar-refractivity contribution in [3.63, 3.8) is 0 Å². The molecule has 2 aliphatic rings. The summed E-state index contributed by atoms with van der Waals surface area (Å²) >= 11 is 0. The van der Waals surface area contributed by atoms with Crippen LogP contribution in [0.4, 0.5) is 9.59 Å². The van der Waals surface area contributed by atoms with Crippen molar-refractivity contribution in [2.75, 3.05) is 7.11 Å². The maximum atomic E-state index is 12.9. The number of hydrogen-bond donors (Lipinski definition) is 0. The van der Waals surface area contributed by atoms with E-state index in [-0.39, 0.29) is 24.5 Å². The van der Waals surface area contributed by atoms with Gasteiger partial charge in [-0.05, 0) is 81.1 Å². The van der Waals surface area contributed by atoms with Crippen LogP contribution in [-0.4, -0.2) is 65.4 Å². The molecule has 0 N–H and O–H groups in total. The number of carbonyl (C=O) groups excluding carboxylic acids is 3. The highest BCUT2D eigenvalue weighted by molar-refractivity contribution is 5.94. The second kappa shape index (κ2) is 10.6. The molecule has 194 valence electrons. The molecule has 9 heteroatoms. The molecule has 2 rings (SSSR count). The van der Waals surface area contributed by atoms with Crippen LogP contribution < -0.4 is 0 Å². The van der Waals surface area contributed by atoms with Crippen LogP contribution >= 0.6 is 0 Å². The Labute approximate surface area is 203 Å². The largest absolute Gasteiger partial charge is 0.467 e. The summed E-state index contributed by atoms with van der Waals surface area (Å²) in [5.74, 6) is -1.10. The van der Waals surface area contributed by atoms with Crippen LogP contribution in [0.25, 0.3) is 0 Å². The summed E-state index contributed by atoms with van der Waals surface area (Å²) < 4.78 is 27.7. The average Bonchev–Trinajstić information content (AvgIpc) is 3.15. The molecular formula is C25H41NO8. The van der Waals surface area contributed by atoms with Gasteiger partial charge < -0.3 is 23.7 Å². The molecule has 1 heterocycles. The molecule has 0 spiro atoms. The molecule has 2 amide bonds. The van der Waals surface area contributed by atoms with Gasteiger partial charge in [-0.2, -0.15) is 4.90 Å². The Bertz CT molecular complexity index is 749. The molecule has 34 heavy (non-hydrogen) atoms. The monoisotopic (exact) mass is 483 g/mol. The topological polar surface area (TPSA) is 101 Å². The number of hydrogen-bond acceptors (Lipinski definition) is 8. The van der Waals surface area contributed by atoms with Gasteiger partial charge in [0.2, 0.25) is 0 Å². The summed E-state index contributed by atoms with van der Waals surface area (Å²) in [5.41, 5.74) is -1.73. The number of methoxy groups -OCH3 is 1. The van der Waals surface area contributed by atoms with Crippen molar-refractivity contribution in [1.82, 2.24) is 4.90 Å². The molecule has 0 unspecified atom stereocenters. The molecule has 1 aliphatic carbocycles. The minimum Gasteiger partial charge on any atom is -0.467 e. The maximum absolute atomic E-state index is 12.9. The zero-order chi connectivity index (χ0) is 25.9. The third kappa shape index (κ3) is 7.98. The molecule has 0 aromatic rings. The zero-order valence-corrected chi connectivity index (χ0v) is 22.0. The van der Waals surface area contributed by atoms with Crippen molar-refractivity contribution < 1.29 is 38.1 Å². The van der Waals surface area contributed by atoms with Crippen molar-refractivity contribution in [1.29, 1.82) is 0 Å². The van der Waals surface area contributed by atoms with E-state index in [1.165, 1.54) is 7.11 Å². The number of allylic oxidation sites excluding steroid dienone is 1. The van der Waals surface area contributed by atoms with Crippen molar-refractivity contribution in [3.8, 4) is 0 Å². The van der Waals surface area contributed by atoms with Gasteiger partial charge in [-0.3, -0.25) is 0 Å². The quantitative estimate of drug-likeness (QED) is 0.297. The lowest BCUT2D eigenvalue weighted by atomic mass is 10.0. The molecule has 1 aliphatic heterocycles. The van der Waals surface area contributed by atoms with Crippen molar-refractivity contribution in [2.24, 2.45) is 5.92 Å². The number of fused-ring (bicyclic) bond motifs is 1. The maximum Gasteiger partial charge on any atom is 0.420 e. The van der Waals surface area contributed by atoms with E-state index >= 15 is 0 Å². The van der Waals surface area contributed by atoms with Crippen LogP contribution in [0.1, 0.15) is 81.1 Å². The van der Waals surface area contributed by atoms with Crippen molar-refractivity contribution in [2.45, 2.75) is 116 Å². The smallest absolute Gasteiger partial charge is 0.420 e. The molecule has 1 saturated heterocycles. The fourth-order valence-electron chi connectivity index (χ4n) is 4.14. The third-order valence-electron chi connectivity index (χ3n) is 5.38. The minimum atomic E-state index is -1.19. The van der Waals surface area contributed by atoms with Gasteiger partial charge in [0.05, 0.1) is 19.3 Å². The van der Waals surface area contributed by atoms with Crippen molar-refractivity contribution in [3.05, 3.63) is 12.2 Å². The number of nitrogens with zero attached hydrogens (tertiary/aromatic N) is 1. The van der Waals surface area contributed by atoms with E-state index in [9.17, 15) is 14.4 Å². The lowest BCUT2D eigenvalue weighted by molar-refractivity contribution is -0.154. The number of ether oxygens (including phenoxy) is 5. The third-order valence-corrected chi connectivity index (χ3v) is 5.38. The lowest BCUT2D eigenvalue weighted by Crippen LogP contribution is -2.52. The van der Waals surface area contributed by atoms with E-state index < -0.39 is 41.2 Å². The van der Waals surface area contributed by atoms with E-state index in [0.29, 0.717) is 6.42 Å². The molecule has 1 saturated carbocycles. The Morgan fingerprint density at radius 3 is 2.06 bits per heavy atom. The molecule has 2 fully saturated rings. The van der Waals surface area contributed by atoms with Gasteiger partial charge in [0, 0.05) is 5.92 Å². The Morgan fingerprint density at radius 1 is 1.00 bits per heavy atom. The van der Waals surface area contributed by atoms with E-state index in [4.69, 9.17) is 23.7 Å². The average molecular weight is 484 g/mol. The van der Waals surface area contributed by atoms with Gasteiger partial charge >= 0.3 is 18.2 Å². The Kier molecular flexibility index (Phi) is 8.80. The van der Waals surface area contributed by atoms with Gasteiger partial charge in [-0.15, -0.1) is 0 Å². The van der Waals surface area contributed by atoms with Crippen LogP contribution in [0.5, 0.6) is 0 Å². The fourth-order valence-corrected chi connectivity index (χ4v) is 4.14. The first-order valence-electron chi connectivity index (χ1n) is 11.9. The molecule has 0 bridgehead atoms. The SMILES string of the molecule is COC(=O)[C@H](CC/C=C/[C@@H]1CC[C@H]2OC(C)(C)O[C@@H]12)N(C(=O)OC(C)(C)C)C(=O)OC(C)(C)C. The molecular weight excluding hydrogens is 442 g/mol. The number of imide groups is 1. The Hall–Kier alpha value is -2.13. The van der Waals surface area contributed by atoms with E-state index in [1.807, 2.05) is 19.9 Å². The standard InChI is InChI=1S/C25H41NO8/c1-23(2,3)33-21(28)26(22(29)34-24(4,5)6)17(20(27)30-9)13-11-10-12-16-14-15-18-19(16)32-25(7,8)31-18/h10,12,16-19H,11,13-15H2,1-9H3/b12-10+/t16-,17+,18-,19+/m1/s1. The summed E-state index contributed by atoms with van der Waals surface area (Å²) in [6.07, 6.45) is 4.64. The first-order chi connectivity index (χ1) is 15.5. The molecule has 9 nitrogen and oxygen atoms in total. The Morgan fingerprint density at radius 2 is 1.56 bits per heavy atom. The second-order valence-corrected chi connectivity index (χ2v) is 11.3. The normalized spacial score (nSPS) is 25.0. The molecule has 0 radical (unpaired) electrons. The highest BCUT2D eigenvalue weighted by Crippen LogP contribution is 2.42. The first kappa shape index (κ1) is 28.1. The van der Waals surface area contributed by atoms with Crippen LogP contribution in [-0.2, 0) is 28.5 Å². The predicted octanol–water partition coefficient (Wildman–Crippen LogP) is 4.97. The van der Waals surface area contributed by atoms with E-state index in [1.54, 1.807) is 41.5 Å². The van der Waals surface area contributed by atoms with E-state index in [2.05, 4.69) is 6.08 Å². The number of esters is 1. The molecule has 4 atom stereocenters. The number of carbonyl (C=O) groups is 3. The summed E-state index contributed by atoms with van der Waals surface area (Å²) in [6, 6.07) is -1.19. The van der Waals surface area contributed by atoms with Crippen LogP contribution in [0.3, 0.4) is 0 Å². The predicted molar refractivity (Wildman–Crippen MR) is 125 cm³/mol. The summed E-state index contributed by atoms with van der Waals surface area (Å²) in [6.45, 7) is 13.9. The Balaban J connectivity index is 2.14. The molecule has 0 aromatic carbocycles. The van der Waals surface area contributed by atoms with Gasteiger partial charge in [0.1, 0.15) is 17.2 Å². The molecule has 0 aromatic heterocycles. The summed E-state index contributed by atoms with van der Waals surface area (Å²) in [4.78, 5) is 39.2. The second-order valence-electron chi connectivity index (χ2n) is 11.3. The number of rotatable bonds is 6. The van der Waals surface area contributed by atoms with E-state index in [0.717, 1.165) is 17.7 Å². The van der Waals surface area contributed by atoms with Crippen LogP contribution in [0, 0.1) is 5.92 Å². The van der Waals surface area contributed by atoms with Gasteiger partial charge in [0.15, 0.2) is 5.79 Å². The highest BCUT2D eigenvalue weighted by atomic mass is 16.8. The van der Waals surface area contributed by atoms with Crippen LogP contribution in [0.2, 0.25) is 0 Å². The fraction of sp³-hybridized carbons (Fsp3) is 0.800. The van der Waals surface area contributed by atoms with Crippen molar-refractivity contribution >= 4 is 18.2 Å². The summed E-state index contributed by atoms with van der Waals surface area (Å²) in [7, 11) is 1.21.